The van der Waals surface area contributed by atoms with Crippen LogP contribution >= 0.6 is 23.7 Å². The van der Waals surface area contributed by atoms with Gasteiger partial charge in [-0.25, -0.2) is 0 Å². The summed E-state index contributed by atoms with van der Waals surface area (Å²) in [5, 5.41) is 17.1. The number of carbonyl (C=O) groups is 2. The van der Waals surface area contributed by atoms with Gasteiger partial charge < -0.3 is 15.5 Å². The molecule has 3 atom stereocenters. The molecular formula is C16H23ClN4O4S. The van der Waals surface area contributed by atoms with Gasteiger partial charge in [-0.05, 0) is 37.8 Å². The minimum Gasteiger partial charge on any atom is -0.350 e. The zero-order chi connectivity index (χ0) is 18.0. The third kappa shape index (κ3) is 4.33. The zero-order valence-electron chi connectivity index (χ0n) is 14.5. The van der Waals surface area contributed by atoms with Gasteiger partial charge in [-0.2, -0.15) is 0 Å². The molecule has 0 saturated carbocycles. The van der Waals surface area contributed by atoms with Crippen molar-refractivity contribution in [2.75, 3.05) is 19.6 Å². The summed E-state index contributed by atoms with van der Waals surface area (Å²) < 4.78 is 0. The number of piperidine rings is 1. The fourth-order valence-electron chi connectivity index (χ4n) is 3.43. The van der Waals surface area contributed by atoms with Crippen LogP contribution < -0.4 is 10.6 Å². The molecule has 3 heterocycles. The SMILES string of the molecule is CC1CCNCC1NC(=O)C1CCCN1C(=O)c1ccc([N+](=O)[O-])s1.Cl. The van der Waals surface area contributed by atoms with Gasteiger partial charge in [0.05, 0.1) is 9.80 Å². The Bertz CT molecular complexity index is 683. The first kappa shape index (κ1) is 20.6. The summed E-state index contributed by atoms with van der Waals surface area (Å²) in [5.41, 5.74) is 0. The number of nitrogens with zero attached hydrogens (tertiary/aromatic N) is 2. The van der Waals surface area contributed by atoms with Crippen LogP contribution in [0.3, 0.4) is 0 Å². The number of amides is 2. The lowest BCUT2D eigenvalue weighted by Gasteiger charge is -2.32. The number of thiophene rings is 1. The molecule has 8 nitrogen and oxygen atoms in total. The molecule has 0 spiro atoms. The van der Waals surface area contributed by atoms with Gasteiger partial charge in [0.1, 0.15) is 6.04 Å². The van der Waals surface area contributed by atoms with E-state index < -0.39 is 11.0 Å². The van der Waals surface area contributed by atoms with Gasteiger partial charge >= 0.3 is 5.00 Å². The molecule has 0 aromatic carbocycles. The molecule has 2 aliphatic rings. The Kier molecular flexibility index (Phi) is 6.96. The van der Waals surface area contributed by atoms with Crippen LogP contribution in [0.2, 0.25) is 0 Å². The highest BCUT2D eigenvalue weighted by atomic mass is 35.5. The van der Waals surface area contributed by atoms with E-state index in [4.69, 9.17) is 0 Å². The lowest BCUT2D eigenvalue weighted by Crippen LogP contribution is -2.55. The first-order valence-electron chi connectivity index (χ1n) is 8.53. The highest BCUT2D eigenvalue weighted by Gasteiger charge is 2.37. The van der Waals surface area contributed by atoms with Crippen molar-refractivity contribution in [3.63, 3.8) is 0 Å². The van der Waals surface area contributed by atoms with E-state index in [1.165, 1.54) is 12.1 Å². The standard InChI is InChI=1S/C16H22N4O4S.ClH/c1-10-6-7-17-9-11(10)18-15(21)12-3-2-8-19(12)16(22)13-4-5-14(25-13)20(23)24;/h4-5,10-12,17H,2-3,6-9H2,1H3,(H,18,21);1H. The maximum atomic E-state index is 12.7. The number of hydrogen-bond acceptors (Lipinski definition) is 6. The Morgan fingerprint density at radius 3 is 2.81 bits per heavy atom. The average Bonchev–Trinajstić information content (AvgIpc) is 3.26. The Morgan fingerprint density at radius 1 is 1.38 bits per heavy atom. The second-order valence-corrected chi connectivity index (χ2v) is 7.70. The normalized spacial score (nSPS) is 25.4. The predicted molar refractivity (Wildman–Crippen MR) is 101 cm³/mol. The fraction of sp³-hybridized carbons (Fsp3) is 0.625. The summed E-state index contributed by atoms with van der Waals surface area (Å²) in [6.07, 6.45) is 2.40. The lowest BCUT2D eigenvalue weighted by molar-refractivity contribution is -0.380. The van der Waals surface area contributed by atoms with Gasteiger partial charge in [0.15, 0.2) is 0 Å². The molecule has 2 amide bonds. The van der Waals surface area contributed by atoms with E-state index in [0.29, 0.717) is 23.8 Å². The average molecular weight is 403 g/mol. The molecule has 10 heteroatoms. The number of halogens is 1. The van der Waals surface area contributed by atoms with Gasteiger partial charge in [0.2, 0.25) is 5.91 Å². The van der Waals surface area contributed by atoms with Crippen molar-refractivity contribution >= 4 is 40.6 Å². The van der Waals surface area contributed by atoms with Gasteiger partial charge in [-0.3, -0.25) is 19.7 Å². The van der Waals surface area contributed by atoms with Crippen LogP contribution in [-0.4, -0.2) is 53.4 Å². The quantitative estimate of drug-likeness (QED) is 0.590. The minimum absolute atomic E-state index is 0. The van der Waals surface area contributed by atoms with E-state index >= 15 is 0 Å². The summed E-state index contributed by atoms with van der Waals surface area (Å²) in [4.78, 5) is 37.5. The molecule has 0 aliphatic carbocycles. The van der Waals surface area contributed by atoms with Crippen LogP contribution in [0.15, 0.2) is 12.1 Å². The molecular weight excluding hydrogens is 380 g/mol. The van der Waals surface area contributed by atoms with E-state index in [-0.39, 0.29) is 35.3 Å². The number of rotatable bonds is 4. The second-order valence-electron chi connectivity index (χ2n) is 6.64. The molecule has 3 rings (SSSR count). The first-order chi connectivity index (χ1) is 12.0. The highest BCUT2D eigenvalue weighted by Crippen LogP contribution is 2.28. The molecule has 2 aliphatic heterocycles. The number of hydrogen-bond donors (Lipinski definition) is 2. The minimum atomic E-state index is -0.507. The van der Waals surface area contributed by atoms with Crippen LogP contribution in [-0.2, 0) is 4.79 Å². The fourth-order valence-corrected chi connectivity index (χ4v) is 4.20. The molecule has 144 valence electrons. The Hall–Kier alpha value is -1.71. The van der Waals surface area contributed by atoms with Crippen LogP contribution in [0.4, 0.5) is 5.00 Å². The third-order valence-corrected chi connectivity index (χ3v) is 5.98. The molecule has 3 unspecified atom stereocenters. The smallest absolute Gasteiger partial charge is 0.324 e. The van der Waals surface area contributed by atoms with Crippen molar-refractivity contribution in [2.24, 2.45) is 5.92 Å². The van der Waals surface area contributed by atoms with Crippen LogP contribution in [0.25, 0.3) is 0 Å². The topological polar surface area (TPSA) is 105 Å². The summed E-state index contributed by atoms with van der Waals surface area (Å²) in [5.74, 6) is -0.0290. The molecule has 1 aromatic rings. The molecule has 2 N–H and O–H groups in total. The lowest BCUT2D eigenvalue weighted by atomic mass is 9.94. The van der Waals surface area contributed by atoms with E-state index in [0.717, 1.165) is 37.3 Å². The van der Waals surface area contributed by atoms with Gasteiger partial charge in [0.25, 0.3) is 5.91 Å². The zero-order valence-corrected chi connectivity index (χ0v) is 16.1. The summed E-state index contributed by atoms with van der Waals surface area (Å²) in [6, 6.07) is 2.37. The van der Waals surface area contributed by atoms with Crippen molar-refractivity contribution in [3.8, 4) is 0 Å². The van der Waals surface area contributed by atoms with Crippen LogP contribution in [0, 0.1) is 16.0 Å². The van der Waals surface area contributed by atoms with E-state index in [9.17, 15) is 19.7 Å². The number of nitro groups is 1. The molecule has 0 bridgehead atoms. The monoisotopic (exact) mass is 402 g/mol. The molecule has 1 aromatic heterocycles. The Morgan fingerprint density at radius 2 is 2.15 bits per heavy atom. The van der Waals surface area contributed by atoms with Crippen molar-refractivity contribution in [3.05, 3.63) is 27.1 Å². The van der Waals surface area contributed by atoms with E-state index in [2.05, 4.69) is 17.6 Å². The molecule has 26 heavy (non-hydrogen) atoms. The summed E-state index contributed by atoms with van der Waals surface area (Å²) >= 11 is 0.854. The molecule has 2 fully saturated rings. The van der Waals surface area contributed by atoms with E-state index in [1.807, 2.05) is 0 Å². The summed E-state index contributed by atoms with van der Waals surface area (Å²) in [6.45, 7) is 4.32. The van der Waals surface area contributed by atoms with Gasteiger partial charge in [0, 0.05) is 25.2 Å². The second kappa shape index (κ2) is 8.79. The molecule has 0 radical (unpaired) electrons. The van der Waals surface area contributed by atoms with Crippen molar-refractivity contribution in [1.82, 2.24) is 15.5 Å². The largest absolute Gasteiger partial charge is 0.350 e. The van der Waals surface area contributed by atoms with Crippen LogP contribution in [0.5, 0.6) is 0 Å². The Balaban J connectivity index is 0.00000243. The molecule has 2 saturated heterocycles. The van der Waals surface area contributed by atoms with E-state index in [1.54, 1.807) is 4.90 Å². The van der Waals surface area contributed by atoms with Crippen molar-refractivity contribution in [2.45, 2.75) is 38.3 Å². The number of carbonyl (C=O) groups excluding carboxylic acids is 2. The highest BCUT2D eigenvalue weighted by molar-refractivity contribution is 7.17. The van der Waals surface area contributed by atoms with Gasteiger partial charge in [-0.15, -0.1) is 12.4 Å². The predicted octanol–water partition coefficient (Wildman–Crippen LogP) is 1.80. The Labute approximate surface area is 161 Å². The third-order valence-electron chi connectivity index (χ3n) is 4.95. The van der Waals surface area contributed by atoms with Crippen molar-refractivity contribution < 1.29 is 14.5 Å². The first-order valence-corrected chi connectivity index (χ1v) is 9.35. The van der Waals surface area contributed by atoms with Crippen molar-refractivity contribution in [1.29, 1.82) is 0 Å². The van der Waals surface area contributed by atoms with Gasteiger partial charge in [-0.1, -0.05) is 18.3 Å². The maximum Gasteiger partial charge on any atom is 0.324 e. The summed E-state index contributed by atoms with van der Waals surface area (Å²) in [7, 11) is 0. The number of nitrogens with one attached hydrogen (secondary N) is 2. The number of likely N-dealkylation sites (tertiary alicyclic amines) is 1. The maximum absolute atomic E-state index is 12.7. The van der Waals surface area contributed by atoms with Crippen LogP contribution in [0.1, 0.15) is 35.9 Å².